The summed E-state index contributed by atoms with van der Waals surface area (Å²) in [5.41, 5.74) is 2.64. The maximum absolute atomic E-state index is 12.6. The molecule has 0 saturated heterocycles. The van der Waals surface area contributed by atoms with E-state index in [-0.39, 0.29) is 11.7 Å². The largest absolute Gasteiger partial charge is 0.461 e. The molecule has 33 heavy (non-hydrogen) atoms. The van der Waals surface area contributed by atoms with Crippen molar-refractivity contribution in [2.75, 3.05) is 11.1 Å². The molecule has 0 fully saturated rings. The zero-order chi connectivity index (χ0) is 22.6. The predicted octanol–water partition coefficient (Wildman–Crippen LogP) is 6.04. The minimum Gasteiger partial charge on any atom is -0.461 e. The molecule has 1 N–H and O–H groups in total. The van der Waals surface area contributed by atoms with E-state index < -0.39 is 0 Å². The highest BCUT2D eigenvalue weighted by atomic mass is 35.5. The molecule has 5 rings (SSSR count). The number of nitrogens with zero attached hydrogens (tertiary/aromatic N) is 4. The summed E-state index contributed by atoms with van der Waals surface area (Å²) in [5.74, 6) is 1.08. The number of thioether (sulfide) groups is 1. The Bertz CT molecular complexity index is 1370. The van der Waals surface area contributed by atoms with Gasteiger partial charge in [-0.25, -0.2) is 4.98 Å². The topological polar surface area (TPSA) is 85.8 Å². The van der Waals surface area contributed by atoms with Crippen molar-refractivity contribution in [2.24, 2.45) is 0 Å². The number of hydrogen-bond acceptors (Lipinski definition) is 7. The predicted molar refractivity (Wildman–Crippen MR) is 131 cm³/mol. The molecule has 3 heterocycles. The van der Waals surface area contributed by atoms with Gasteiger partial charge in [0.05, 0.1) is 17.7 Å². The van der Waals surface area contributed by atoms with E-state index in [1.807, 2.05) is 58.5 Å². The molecule has 3 aromatic heterocycles. The van der Waals surface area contributed by atoms with Crippen LogP contribution in [0, 0.1) is 0 Å². The third kappa shape index (κ3) is 4.85. The zero-order valence-electron chi connectivity index (χ0n) is 17.0. The van der Waals surface area contributed by atoms with E-state index in [1.54, 1.807) is 24.5 Å². The van der Waals surface area contributed by atoms with Gasteiger partial charge in [-0.05, 0) is 36.4 Å². The minimum absolute atomic E-state index is 0.143. The molecule has 0 aliphatic heterocycles. The second-order valence-electron chi connectivity index (χ2n) is 6.84. The van der Waals surface area contributed by atoms with Crippen molar-refractivity contribution >= 4 is 45.7 Å². The number of amides is 1. The first-order valence-electron chi connectivity index (χ1n) is 9.86. The van der Waals surface area contributed by atoms with Gasteiger partial charge in [-0.15, -0.1) is 21.5 Å². The summed E-state index contributed by atoms with van der Waals surface area (Å²) < 4.78 is 7.35. The van der Waals surface area contributed by atoms with Crippen LogP contribution in [0.4, 0.5) is 5.13 Å². The number of carbonyl (C=O) groups excluding carboxylic acids is 1. The Labute approximate surface area is 202 Å². The molecule has 0 saturated carbocycles. The van der Waals surface area contributed by atoms with Crippen LogP contribution < -0.4 is 5.32 Å². The number of anilines is 1. The van der Waals surface area contributed by atoms with Crippen LogP contribution in [-0.4, -0.2) is 31.4 Å². The number of furan rings is 1. The zero-order valence-corrected chi connectivity index (χ0v) is 19.4. The second-order valence-corrected chi connectivity index (χ2v) is 9.07. The smallest absolute Gasteiger partial charge is 0.236 e. The maximum Gasteiger partial charge on any atom is 0.236 e. The molecular weight excluding hydrogens is 478 g/mol. The third-order valence-corrected chi connectivity index (χ3v) is 6.55. The molecule has 164 valence electrons. The Morgan fingerprint density at radius 1 is 1.06 bits per heavy atom. The van der Waals surface area contributed by atoms with Crippen LogP contribution >= 0.6 is 34.7 Å². The normalized spacial score (nSPS) is 10.9. The Kier molecular flexibility index (Phi) is 6.25. The van der Waals surface area contributed by atoms with Crippen LogP contribution in [0.2, 0.25) is 5.02 Å². The van der Waals surface area contributed by atoms with E-state index in [4.69, 9.17) is 16.0 Å². The average molecular weight is 494 g/mol. The average Bonchev–Trinajstić information content (AvgIpc) is 3.60. The van der Waals surface area contributed by atoms with Crippen molar-refractivity contribution in [3.63, 3.8) is 0 Å². The second kappa shape index (κ2) is 9.62. The first-order chi connectivity index (χ1) is 16.2. The quantitative estimate of drug-likeness (QED) is 0.278. The fraction of sp³-hybridized carbons (Fsp3) is 0.0435. The fourth-order valence-corrected chi connectivity index (χ4v) is 4.72. The summed E-state index contributed by atoms with van der Waals surface area (Å²) in [7, 11) is 0. The van der Waals surface area contributed by atoms with Gasteiger partial charge in [0.15, 0.2) is 16.0 Å². The van der Waals surface area contributed by atoms with Gasteiger partial charge in [0, 0.05) is 21.7 Å². The standard InChI is InChI=1S/C23H16ClN5O2S2/c24-16-8-10-17(11-9-16)29-21(19-7-4-12-31-19)27-28-23(29)33-14-20(30)26-22-25-18(13-32-22)15-5-2-1-3-6-15/h1-13H,14H2,(H,25,26,30). The highest BCUT2D eigenvalue weighted by Crippen LogP contribution is 2.29. The van der Waals surface area contributed by atoms with Crippen molar-refractivity contribution in [1.29, 1.82) is 0 Å². The molecule has 0 radical (unpaired) electrons. The van der Waals surface area contributed by atoms with Crippen molar-refractivity contribution in [2.45, 2.75) is 5.16 Å². The lowest BCUT2D eigenvalue weighted by molar-refractivity contribution is -0.113. The molecule has 7 nitrogen and oxygen atoms in total. The summed E-state index contributed by atoms with van der Waals surface area (Å²) in [4.78, 5) is 17.1. The van der Waals surface area contributed by atoms with Crippen molar-refractivity contribution in [3.05, 3.63) is 83.4 Å². The number of halogens is 1. The number of thiazole rings is 1. The van der Waals surface area contributed by atoms with Crippen LogP contribution in [0.25, 0.3) is 28.5 Å². The van der Waals surface area contributed by atoms with Gasteiger partial charge >= 0.3 is 0 Å². The van der Waals surface area contributed by atoms with E-state index >= 15 is 0 Å². The highest BCUT2D eigenvalue weighted by molar-refractivity contribution is 7.99. The van der Waals surface area contributed by atoms with Gasteiger partial charge in [0.25, 0.3) is 0 Å². The summed E-state index contributed by atoms with van der Waals surface area (Å²) in [5, 5.41) is 15.1. The van der Waals surface area contributed by atoms with Gasteiger partial charge < -0.3 is 9.73 Å². The fourth-order valence-electron chi connectivity index (χ4n) is 3.11. The Morgan fingerprint density at radius 3 is 2.64 bits per heavy atom. The van der Waals surface area contributed by atoms with Crippen LogP contribution in [0.15, 0.2) is 87.9 Å². The van der Waals surface area contributed by atoms with Crippen molar-refractivity contribution in [1.82, 2.24) is 19.7 Å². The molecule has 0 bridgehead atoms. The number of carbonyl (C=O) groups is 1. The molecular formula is C23H16ClN5O2S2. The minimum atomic E-state index is -0.181. The van der Waals surface area contributed by atoms with E-state index in [0.29, 0.717) is 26.9 Å². The van der Waals surface area contributed by atoms with Crippen LogP contribution in [0.3, 0.4) is 0 Å². The Balaban J connectivity index is 1.32. The Morgan fingerprint density at radius 2 is 1.88 bits per heavy atom. The number of rotatable bonds is 7. The lowest BCUT2D eigenvalue weighted by atomic mass is 10.2. The van der Waals surface area contributed by atoms with Gasteiger partial charge in [-0.2, -0.15) is 0 Å². The highest BCUT2D eigenvalue weighted by Gasteiger charge is 2.19. The molecule has 1 amide bonds. The first kappa shape index (κ1) is 21.4. The summed E-state index contributed by atoms with van der Waals surface area (Å²) >= 11 is 8.71. The molecule has 2 aromatic carbocycles. The third-order valence-electron chi connectivity index (χ3n) is 4.61. The SMILES string of the molecule is O=C(CSc1nnc(-c2ccco2)n1-c1ccc(Cl)cc1)Nc1nc(-c2ccccc2)cs1. The van der Waals surface area contributed by atoms with Gasteiger partial charge in [-0.3, -0.25) is 9.36 Å². The number of benzene rings is 2. The number of hydrogen-bond donors (Lipinski definition) is 1. The lowest BCUT2D eigenvalue weighted by Crippen LogP contribution is -2.14. The summed E-state index contributed by atoms with van der Waals surface area (Å²) in [6, 6.07) is 20.7. The van der Waals surface area contributed by atoms with Crippen molar-refractivity contribution in [3.8, 4) is 28.5 Å². The van der Waals surface area contributed by atoms with E-state index in [9.17, 15) is 4.79 Å². The molecule has 0 spiro atoms. The first-order valence-corrected chi connectivity index (χ1v) is 12.1. The summed E-state index contributed by atoms with van der Waals surface area (Å²) in [6.45, 7) is 0. The van der Waals surface area contributed by atoms with E-state index in [1.165, 1.54) is 23.1 Å². The van der Waals surface area contributed by atoms with Crippen LogP contribution in [0.1, 0.15) is 0 Å². The monoisotopic (exact) mass is 493 g/mol. The Hall–Kier alpha value is -3.40. The molecule has 0 unspecified atom stereocenters. The molecule has 0 atom stereocenters. The number of nitrogens with one attached hydrogen (secondary N) is 1. The lowest BCUT2D eigenvalue weighted by Gasteiger charge is -2.09. The maximum atomic E-state index is 12.6. The van der Waals surface area contributed by atoms with E-state index in [2.05, 4.69) is 20.5 Å². The molecule has 0 aliphatic carbocycles. The van der Waals surface area contributed by atoms with Gasteiger partial charge in [0.2, 0.25) is 11.7 Å². The number of aromatic nitrogens is 4. The van der Waals surface area contributed by atoms with Crippen molar-refractivity contribution < 1.29 is 9.21 Å². The van der Waals surface area contributed by atoms with Crippen LogP contribution in [-0.2, 0) is 4.79 Å². The molecule has 5 aromatic rings. The van der Waals surface area contributed by atoms with E-state index in [0.717, 1.165) is 16.9 Å². The van der Waals surface area contributed by atoms with Crippen LogP contribution in [0.5, 0.6) is 0 Å². The summed E-state index contributed by atoms with van der Waals surface area (Å²) in [6.07, 6.45) is 1.58. The molecule has 0 aliphatic rings. The molecule has 10 heteroatoms. The van der Waals surface area contributed by atoms with Gasteiger partial charge in [-0.1, -0.05) is 53.7 Å². The van der Waals surface area contributed by atoms with Gasteiger partial charge in [0.1, 0.15) is 0 Å².